The molecule has 0 aliphatic carbocycles. The summed E-state index contributed by atoms with van der Waals surface area (Å²) in [5.41, 5.74) is 7.36. The van der Waals surface area contributed by atoms with Crippen LogP contribution in [0.15, 0.2) is 35.3 Å². The van der Waals surface area contributed by atoms with Gasteiger partial charge in [0, 0.05) is 19.0 Å². The van der Waals surface area contributed by atoms with Gasteiger partial charge < -0.3 is 5.73 Å². The summed E-state index contributed by atoms with van der Waals surface area (Å²) in [5, 5.41) is 0. The second-order valence-electron chi connectivity index (χ2n) is 5.73. The number of hydrogen-bond acceptors (Lipinski definition) is 2. The van der Waals surface area contributed by atoms with E-state index < -0.39 is 0 Å². The van der Waals surface area contributed by atoms with Gasteiger partial charge in [-0.2, -0.15) is 0 Å². The fourth-order valence-corrected chi connectivity index (χ4v) is 2.48. The van der Waals surface area contributed by atoms with Crippen LogP contribution in [0.25, 0.3) is 0 Å². The molecule has 0 aromatic heterocycles. The largest absolute Gasteiger partial charge is 0.387 e. The number of likely N-dealkylation sites (tertiary alicyclic amines) is 1. The van der Waals surface area contributed by atoms with E-state index in [0.29, 0.717) is 12.0 Å². The molecule has 104 valence electrons. The number of aliphatic imine (C=N–C) groups is 1. The lowest BCUT2D eigenvalue weighted by molar-refractivity contribution is 0.202. The summed E-state index contributed by atoms with van der Waals surface area (Å²) in [6, 6.07) is 11.0. The molecule has 3 nitrogen and oxygen atoms in total. The summed E-state index contributed by atoms with van der Waals surface area (Å²) in [6.45, 7) is 7.42. The predicted molar refractivity (Wildman–Crippen MR) is 81.2 cm³/mol. The maximum Gasteiger partial charge on any atom is 0.0966 e. The molecule has 0 spiro atoms. The Morgan fingerprint density at radius 1 is 1.37 bits per heavy atom. The third-order valence-corrected chi connectivity index (χ3v) is 3.65. The third kappa shape index (κ3) is 4.35. The fraction of sp³-hybridized carbons (Fsp3) is 0.562. The number of amidine groups is 1. The first-order valence-electron chi connectivity index (χ1n) is 7.24. The molecule has 0 saturated carbocycles. The number of nitrogens with two attached hydrogens (primary N) is 1. The highest BCUT2D eigenvalue weighted by Crippen LogP contribution is 2.16. The first kappa shape index (κ1) is 14.1. The van der Waals surface area contributed by atoms with E-state index in [2.05, 4.69) is 54.1 Å². The molecule has 1 fully saturated rings. The van der Waals surface area contributed by atoms with Gasteiger partial charge >= 0.3 is 0 Å². The maximum atomic E-state index is 5.98. The zero-order valence-corrected chi connectivity index (χ0v) is 12.0. The Balaban J connectivity index is 1.92. The van der Waals surface area contributed by atoms with Gasteiger partial charge in [-0.3, -0.25) is 9.89 Å². The average Bonchev–Trinajstić information content (AvgIpc) is 2.40. The monoisotopic (exact) mass is 259 g/mol. The van der Waals surface area contributed by atoms with Gasteiger partial charge in [0.25, 0.3) is 0 Å². The van der Waals surface area contributed by atoms with Crippen LogP contribution in [0.1, 0.15) is 32.3 Å². The van der Waals surface area contributed by atoms with E-state index >= 15 is 0 Å². The highest BCUT2D eigenvalue weighted by atomic mass is 15.2. The van der Waals surface area contributed by atoms with E-state index in [0.717, 1.165) is 18.9 Å². The van der Waals surface area contributed by atoms with Crippen LogP contribution in [0.5, 0.6) is 0 Å². The molecular formula is C16H25N3. The van der Waals surface area contributed by atoms with Crippen LogP contribution in [0.2, 0.25) is 0 Å². The Morgan fingerprint density at radius 3 is 2.79 bits per heavy atom. The summed E-state index contributed by atoms with van der Waals surface area (Å²) in [6.07, 6.45) is 2.38. The quantitative estimate of drug-likeness (QED) is 0.667. The van der Waals surface area contributed by atoms with Crippen molar-refractivity contribution in [2.75, 3.05) is 13.1 Å². The summed E-state index contributed by atoms with van der Waals surface area (Å²) < 4.78 is 0. The van der Waals surface area contributed by atoms with E-state index in [1.807, 2.05) is 0 Å². The summed E-state index contributed by atoms with van der Waals surface area (Å²) in [7, 11) is 0. The Labute approximate surface area is 116 Å². The van der Waals surface area contributed by atoms with Gasteiger partial charge in [-0.25, -0.2) is 0 Å². The van der Waals surface area contributed by atoms with Crippen molar-refractivity contribution in [3.63, 3.8) is 0 Å². The van der Waals surface area contributed by atoms with Crippen molar-refractivity contribution in [1.82, 2.24) is 4.90 Å². The van der Waals surface area contributed by atoms with E-state index in [1.165, 1.54) is 24.9 Å². The fourth-order valence-electron chi connectivity index (χ4n) is 2.48. The van der Waals surface area contributed by atoms with Gasteiger partial charge in [0.2, 0.25) is 0 Å². The standard InChI is InChI=1S/C16H25N3/c1-13(2)16(17)18-15-9-6-10-19(12-15)11-14-7-4-3-5-8-14/h3-5,7-8,13,15H,6,9-12H2,1-2H3,(H2,17,18). The zero-order chi connectivity index (χ0) is 13.7. The number of hydrogen-bond donors (Lipinski definition) is 1. The molecule has 0 bridgehead atoms. The minimum atomic E-state index is 0.351. The Kier molecular flexibility index (Phi) is 4.97. The van der Waals surface area contributed by atoms with Crippen LogP contribution < -0.4 is 5.73 Å². The van der Waals surface area contributed by atoms with Crippen molar-refractivity contribution in [3.8, 4) is 0 Å². The minimum absolute atomic E-state index is 0.351. The van der Waals surface area contributed by atoms with Gasteiger partial charge in [-0.05, 0) is 24.9 Å². The summed E-state index contributed by atoms with van der Waals surface area (Å²) in [5.74, 6) is 1.15. The normalized spacial score (nSPS) is 21.8. The van der Waals surface area contributed by atoms with E-state index in [-0.39, 0.29) is 0 Å². The molecule has 3 heteroatoms. The predicted octanol–water partition coefficient (Wildman–Crippen LogP) is 2.66. The minimum Gasteiger partial charge on any atom is -0.387 e. The van der Waals surface area contributed by atoms with Gasteiger partial charge in [-0.15, -0.1) is 0 Å². The lowest BCUT2D eigenvalue weighted by atomic mass is 10.0. The van der Waals surface area contributed by atoms with E-state index in [1.54, 1.807) is 0 Å². The maximum absolute atomic E-state index is 5.98. The second-order valence-corrected chi connectivity index (χ2v) is 5.73. The molecule has 1 heterocycles. The SMILES string of the molecule is CC(C)C(N)=NC1CCCN(Cc2ccccc2)C1. The van der Waals surface area contributed by atoms with E-state index in [4.69, 9.17) is 5.73 Å². The molecule has 1 aliphatic rings. The van der Waals surface area contributed by atoms with Crippen molar-refractivity contribution < 1.29 is 0 Å². The van der Waals surface area contributed by atoms with Crippen LogP contribution in [0.4, 0.5) is 0 Å². The Hall–Kier alpha value is -1.35. The van der Waals surface area contributed by atoms with Gasteiger partial charge in [0.1, 0.15) is 0 Å². The zero-order valence-electron chi connectivity index (χ0n) is 12.0. The lowest BCUT2D eigenvalue weighted by Gasteiger charge is -2.31. The first-order chi connectivity index (χ1) is 9.15. The smallest absolute Gasteiger partial charge is 0.0966 e. The molecule has 1 unspecified atom stereocenters. The topological polar surface area (TPSA) is 41.6 Å². The lowest BCUT2D eigenvalue weighted by Crippen LogP contribution is -2.38. The number of piperidine rings is 1. The van der Waals surface area contributed by atoms with Crippen LogP contribution in [-0.2, 0) is 6.54 Å². The van der Waals surface area contributed by atoms with Crippen LogP contribution >= 0.6 is 0 Å². The molecule has 0 amide bonds. The van der Waals surface area contributed by atoms with Crippen LogP contribution in [0, 0.1) is 5.92 Å². The molecule has 2 rings (SSSR count). The molecule has 1 atom stereocenters. The van der Waals surface area contributed by atoms with Crippen molar-refractivity contribution in [2.24, 2.45) is 16.6 Å². The molecule has 1 aromatic rings. The summed E-state index contributed by atoms with van der Waals surface area (Å²) in [4.78, 5) is 7.17. The van der Waals surface area contributed by atoms with Gasteiger partial charge in [0.15, 0.2) is 0 Å². The number of nitrogens with zero attached hydrogens (tertiary/aromatic N) is 2. The average molecular weight is 259 g/mol. The van der Waals surface area contributed by atoms with Gasteiger partial charge in [-0.1, -0.05) is 44.2 Å². The van der Waals surface area contributed by atoms with Crippen molar-refractivity contribution in [1.29, 1.82) is 0 Å². The van der Waals surface area contributed by atoms with Crippen LogP contribution in [0.3, 0.4) is 0 Å². The van der Waals surface area contributed by atoms with Crippen molar-refractivity contribution in [3.05, 3.63) is 35.9 Å². The third-order valence-electron chi connectivity index (χ3n) is 3.65. The first-order valence-corrected chi connectivity index (χ1v) is 7.24. The Bertz CT molecular complexity index is 411. The summed E-state index contributed by atoms with van der Waals surface area (Å²) >= 11 is 0. The van der Waals surface area contributed by atoms with Crippen molar-refractivity contribution >= 4 is 5.84 Å². The second kappa shape index (κ2) is 6.71. The molecular weight excluding hydrogens is 234 g/mol. The van der Waals surface area contributed by atoms with E-state index in [9.17, 15) is 0 Å². The molecule has 0 radical (unpaired) electrons. The number of rotatable bonds is 4. The number of benzene rings is 1. The van der Waals surface area contributed by atoms with Crippen LogP contribution in [-0.4, -0.2) is 29.9 Å². The molecule has 1 aromatic carbocycles. The van der Waals surface area contributed by atoms with Crippen molar-refractivity contribution in [2.45, 2.75) is 39.3 Å². The molecule has 1 saturated heterocycles. The van der Waals surface area contributed by atoms with Gasteiger partial charge in [0.05, 0.1) is 11.9 Å². The molecule has 1 aliphatic heterocycles. The molecule has 2 N–H and O–H groups in total. The highest BCUT2D eigenvalue weighted by Gasteiger charge is 2.19. The molecule has 19 heavy (non-hydrogen) atoms. The Morgan fingerprint density at radius 2 is 2.11 bits per heavy atom. The highest BCUT2D eigenvalue weighted by molar-refractivity contribution is 5.82.